The number of hydrogen-bond donors (Lipinski definition) is 0. The van der Waals surface area contributed by atoms with Crippen molar-refractivity contribution < 1.29 is 13.6 Å². The van der Waals surface area contributed by atoms with Crippen molar-refractivity contribution in [3.63, 3.8) is 0 Å². The van der Waals surface area contributed by atoms with Crippen LogP contribution in [0.4, 0.5) is 8.78 Å². The molecule has 1 amide bonds. The lowest BCUT2D eigenvalue weighted by atomic mass is 9.67. The Morgan fingerprint density at radius 2 is 1.97 bits per heavy atom. The van der Waals surface area contributed by atoms with Gasteiger partial charge in [0.05, 0.1) is 28.4 Å². The van der Waals surface area contributed by atoms with Gasteiger partial charge in [-0.05, 0) is 47.9 Å². The lowest BCUT2D eigenvalue weighted by Gasteiger charge is -2.46. The highest BCUT2D eigenvalue weighted by molar-refractivity contribution is 5.92. The largest absolute Gasteiger partial charge is 0.341 e. The minimum atomic E-state index is -0.774. The van der Waals surface area contributed by atoms with Gasteiger partial charge in [-0.1, -0.05) is 19.9 Å². The van der Waals surface area contributed by atoms with Crippen LogP contribution in [0.2, 0.25) is 0 Å². The summed E-state index contributed by atoms with van der Waals surface area (Å²) >= 11 is 0. The molecule has 7 heteroatoms. The fourth-order valence-electron chi connectivity index (χ4n) is 5.92. The van der Waals surface area contributed by atoms with Crippen LogP contribution < -0.4 is 0 Å². The van der Waals surface area contributed by atoms with Crippen molar-refractivity contribution in [2.75, 3.05) is 13.1 Å². The highest BCUT2D eigenvalue weighted by Crippen LogP contribution is 2.68. The van der Waals surface area contributed by atoms with Gasteiger partial charge in [0.15, 0.2) is 0 Å². The van der Waals surface area contributed by atoms with Crippen LogP contribution in [0.25, 0.3) is 11.3 Å². The van der Waals surface area contributed by atoms with Crippen LogP contribution in [-0.2, 0) is 10.2 Å². The number of aromatic nitrogens is 2. The van der Waals surface area contributed by atoms with E-state index >= 15 is 0 Å². The number of fused-ring (bicyclic) bond motifs is 5. The maximum Gasteiger partial charge on any atom is 0.235 e. The number of rotatable bonds is 3. The molecule has 1 aromatic heterocycles. The van der Waals surface area contributed by atoms with Crippen LogP contribution in [0.1, 0.15) is 50.3 Å². The van der Waals surface area contributed by atoms with Gasteiger partial charge >= 0.3 is 0 Å². The summed E-state index contributed by atoms with van der Waals surface area (Å²) in [6.45, 7) is 5.35. The molecular weight excluding hydrogens is 386 g/mol. The quantitative estimate of drug-likeness (QED) is 0.771. The van der Waals surface area contributed by atoms with Gasteiger partial charge < -0.3 is 4.90 Å². The molecule has 2 fully saturated rings. The topological polar surface area (TPSA) is 69.9 Å². The Morgan fingerprint density at radius 3 is 2.63 bits per heavy atom. The lowest BCUT2D eigenvalue weighted by molar-refractivity contribution is -0.147. The van der Waals surface area contributed by atoms with Crippen molar-refractivity contribution >= 4 is 5.91 Å². The number of nitrogens with zero attached hydrogens (tertiary/aromatic N) is 4. The molecule has 0 unspecified atom stereocenters. The van der Waals surface area contributed by atoms with Crippen LogP contribution in [0.15, 0.2) is 24.3 Å². The molecule has 2 aromatic rings. The molecule has 2 atom stereocenters. The summed E-state index contributed by atoms with van der Waals surface area (Å²) in [6.07, 6.45) is 1.97. The van der Waals surface area contributed by atoms with Crippen molar-refractivity contribution in [1.82, 2.24) is 15.1 Å². The zero-order valence-corrected chi connectivity index (χ0v) is 17.0. The Kier molecular flexibility index (Phi) is 4.02. The second-order valence-electron chi connectivity index (χ2n) is 9.29. The van der Waals surface area contributed by atoms with Crippen molar-refractivity contribution in [2.45, 2.75) is 44.4 Å². The molecular formula is C23H22F2N4O. The van der Waals surface area contributed by atoms with Crippen LogP contribution >= 0.6 is 0 Å². The van der Waals surface area contributed by atoms with Gasteiger partial charge in [0, 0.05) is 25.4 Å². The zero-order chi connectivity index (χ0) is 21.3. The second-order valence-corrected chi connectivity index (χ2v) is 9.29. The van der Waals surface area contributed by atoms with Gasteiger partial charge in [-0.3, -0.25) is 4.79 Å². The van der Waals surface area contributed by atoms with Gasteiger partial charge in [0.2, 0.25) is 5.91 Å². The Bertz CT molecular complexity index is 1080. The average molecular weight is 408 g/mol. The first-order valence-corrected chi connectivity index (χ1v) is 10.3. The van der Waals surface area contributed by atoms with E-state index in [1.807, 2.05) is 4.90 Å². The van der Waals surface area contributed by atoms with Crippen LogP contribution in [0.3, 0.4) is 0 Å². The van der Waals surface area contributed by atoms with E-state index in [9.17, 15) is 13.6 Å². The summed E-state index contributed by atoms with van der Waals surface area (Å²) in [5.41, 5.74) is 0.362. The smallest absolute Gasteiger partial charge is 0.235 e. The normalized spacial score (nSPS) is 26.2. The Morgan fingerprint density at radius 1 is 1.27 bits per heavy atom. The molecule has 2 bridgehead atoms. The van der Waals surface area contributed by atoms with Gasteiger partial charge in [-0.25, -0.2) is 8.78 Å². The monoisotopic (exact) mass is 408 g/mol. The molecule has 0 N–H and O–H groups in total. The summed E-state index contributed by atoms with van der Waals surface area (Å²) in [4.78, 5) is 15.5. The van der Waals surface area contributed by atoms with Gasteiger partial charge in [-0.2, -0.15) is 10.4 Å². The number of carbonyl (C=O) groups is 1. The SMILES string of the molecule is CC1(C)[C@@H]2CC[C@@]1(C(=O)N1CC(CC#N)C1)c1nnc(-c3c(F)cccc3F)cc12. The van der Waals surface area contributed by atoms with Crippen molar-refractivity contribution in [2.24, 2.45) is 11.3 Å². The number of amides is 1. The molecule has 2 aliphatic carbocycles. The van der Waals surface area contributed by atoms with E-state index < -0.39 is 17.0 Å². The Labute approximate surface area is 173 Å². The van der Waals surface area contributed by atoms with Gasteiger partial charge in [0.1, 0.15) is 11.6 Å². The standard InChI is InChI=1S/C23H22F2N4O/c1-22(2)15-6-8-23(22,21(30)29-11-13(12-29)7-9-26)20-14(15)10-18(27-28-20)19-16(24)4-3-5-17(19)25/h3-5,10,13,15H,6-8,11-12H2,1-2H3/t15-,23+/m1/s1. The molecule has 1 saturated heterocycles. The maximum absolute atomic E-state index is 14.3. The minimum absolute atomic E-state index is 0.0436. The number of hydrogen-bond acceptors (Lipinski definition) is 4. The first kappa shape index (κ1) is 19.1. The van der Waals surface area contributed by atoms with E-state index in [0.29, 0.717) is 31.6 Å². The van der Waals surface area contributed by atoms with Crippen LogP contribution in [-0.4, -0.2) is 34.1 Å². The molecule has 5 rings (SSSR count). The average Bonchev–Trinajstić information content (AvgIpc) is 3.05. The maximum atomic E-state index is 14.3. The summed E-state index contributed by atoms with van der Waals surface area (Å²) in [5, 5.41) is 17.4. The highest BCUT2D eigenvalue weighted by atomic mass is 19.1. The fourth-order valence-corrected chi connectivity index (χ4v) is 5.92. The summed E-state index contributed by atoms with van der Waals surface area (Å²) in [6, 6.07) is 7.62. The van der Waals surface area contributed by atoms with E-state index in [-0.39, 0.29) is 34.4 Å². The fraction of sp³-hybridized carbons (Fsp3) is 0.478. The Hall–Kier alpha value is -2.88. The third-order valence-corrected chi connectivity index (χ3v) is 7.59. The molecule has 1 saturated carbocycles. The highest BCUT2D eigenvalue weighted by Gasteiger charge is 2.68. The van der Waals surface area contributed by atoms with Crippen LogP contribution in [0.5, 0.6) is 0 Å². The number of halogens is 2. The number of benzene rings is 1. The second kappa shape index (κ2) is 6.31. The molecule has 0 radical (unpaired) electrons. The molecule has 5 nitrogen and oxygen atoms in total. The molecule has 1 aliphatic heterocycles. The van der Waals surface area contributed by atoms with Gasteiger partial charge in [-0.15, -0.1) is 5.10 Å². The third-order valence-electron chi connectivity index (χ3n) is 7.59. The molecule has 0 spiro atoms. The number of likely N-dealkylation sites (tertiary alicyclic amines) is 1. The summed E-state index contributed by atoms with van der Waals surface area (Å²) < 4.78 is 28.6. The van der Waals surface area contributed by atoms with E-state index in [1.54, 1.807) is 6.07 Å². The van der Waals surface area contributed by atoms with Gasteiger partial charge in [0.25, 0.3) is 0 Å². The number of carbonyl (C=O) groups excluding carboxylic acids is 1. The summed E-state index contributed by atoms with van der Waals surface area (Å²) in [5.74, 6) is -1.00. The number of nitriles is 1. The molecule has 154 valence electrons. The van der Waals surface area contributed by atoms with E-state index in [2.05, 4.69) is 30.1 Å². The van der Waals surface area contributed by atoms with Crippen molar-refractivity contribution in [3.8, 4) is 17.3 Å². The molecule has 2 heterocycles. The predicted molar refractivity (Wildman–Crippen MR) is 105 cm³/mol. The lowest BCUT2D eigenvalue weighted by Crippen LogP contribution is -2.59. The van der Waals surface area contributed by atoms with Crippen molar-refractivity contribution in [3.05, 3.63) is 47.2 Å². The van der Waals surface area contributed by atoms with E-state index in [0.717, 1.165) is 12.0 Å². The minimum Gasteiger partial charge on any atom is -0.341 e. The zero-order valence-electron chi connectivity index (χ0n) is 17.0. The first-order chi connectivity index (χ1) is 14.3. The van der Waals surface area contributed by atoms with Crippen LogP contribution in [0, 0.1) is 34.3 Å². The molecule has 3 aliphatic rings. The summed E-state index contributed by atoms with van der Waals surface area (Å²) in [7, 11) is 0. The van der Waals surface area contributed by atoms with E-state index in [1.165, 1.54) is 18.2 Å². The third kappa shape index (κ3) is 2.28. The Balaban J connectivity index is 1.57. The first-order valence-electron chi connectivity index (χ1n) is 10.3. The predicted octanol–water partition coefficient (Wildman–Crippen LogP) is 3.95. The van der Waals surface area contributed by atoms with Crippen molar-refractivity contribution in [1.29, 1.82) is 5.26 Å². The van der Waals surface area contributed by atoms with E-state index in [4.69, 9.17) is 5.26 Å². The molecule has 1 aromatic carbocycles. The molecule has 30 heavy (non-hydrogen) atoms.